The molecule has 0 amide bonds. The topological polar surface area (TPSA) is 40.6 Å². The van der Waals surface area contributed by atoms with Crippen LogP contribution < -0.4 is 0 Å². The van der Waals surface area contributed by atoms with Crippen LogP contribution >= 0.6 is 0 Å². The predicted molar refractivity (Wildman–Crippen MR) is 89.3 cm³/mol. The molecule has 1 aromatic carbocycles. The molecule has 0 unspecified atom stereocenters. The highest BCUT2D eigenvalue weighted by atomic mass is 32.2. The quantitative estimate of drug-likeness (QED) is 0.825. The van der Waals surface area contributed by atoms with Gasteiger partial charge in [0, 0.05) is 32.7 Å². The number of rotatable bonds is 5. The number of sulfonamides is 1. The van der Waals surface area contributed by atoms with Crippen LogP contribution in [0.2, 0.25) is 0 Å². The van der Waals surface area contributed by atoms with E-state index in [1.165, 1.54) is 12.1 Å². The van der Waals surface area contributed by atoms with Crippen molar-refractivity contribution in [2.24, 2.45) is 0 Å². The number of halogens is 1. The van der Waals surface area contributed by atoms with E-state index in [2.05, 4.69) is 4.90 Å². The van der Waals surface area contributed by atoms with Crippen molar-refractivity contribution in [1.82, 2.24) is 9.21 Å². The van der Waals surface area contributed by atoms with Gasteiger partial charge in [0.25, 0.3) is 0 Å². The van der Waals surface area contributed by atoms with E-state index in [4.69, 9.17) is 0 Å². The summed E-state index contributed by atoms with van der Waals surface area (Å²) in [6.07, 6.45) is 4.61. The molecule has 0 radical (unpaired) electrons. The Bertz CT molecular complexity index is 604. The van der Waals surface area contributed by atoms with Gasteiger partial charge >= 0.3 is 0 Å². The van der Waals surface area contributed by atoms with Gasteiger partial charge in [0.05, 0.1) is 5.25 Å². The Labute approximate surface area is 138 Å². The maximum atomic E-state index is 12.9. The zero-order chi connectivity index (χ0) is 16.3. The van der Waals surface area contributed by atoms with E-state index in [0.29, 0.717) is 13.1 Å². The summed E-state index contributed by atoms with van der Waals surface area (Å²) < 4.78 is 39.7. The fourth-order valence-corrected chi connectivity index (χ4v) is 5.57. The van der Waals surface area contributed by atoms with Gasteiger partial charge in [-0.2, -0.15) is 4.31 Å². The van der Waals surface area contributed by atoms with Crippen LogP contribution in [0.15, 0.2) is 24.3 Å². The third-order valence-electron chi connectivity index (χ3n) is 5.04. The van der Waals surface area contributed by atoms with E-state index in [0.717, 1.165) is 57.3 Å². The first kappa shape index (κ1) is 16.9. The SMILES string of the molecule is O=S(=O)(C1CCCC1)N1CCN(CCc2ccc(F)cc2)CC1. The van der Waals surface area contributed by atoms with Gasteiger partial charge in [-0.25, -0.2) is 12.8 Å². The fourth-order valence-electron chi connectivity index (χ4n) is 3.54. The molecule has 128 valence electrons. The van der Waals surface area contributed by atoms with Crippen molar-refractivity contribution in [1.29, 1.82) is 0 Å². The van der Waals surface area contributed by atoms with Crippen LogP contribution in [-0.2, 0) is 16.4 Å². The normalized spacial score (nSPS) is 21.8. The first-order valence-corrected chi connectivity index (χ1v) is 10.0. The molecule has 0 N–H and O–H groups in total. The Balaban J connectivity index is 1.47. The Morgan fingerprint density at radius 1 is 1.00 bits per heavy atom. The van der Waals surface area contributed by atoms with Crippen LogP contribution in [0.25, 0.3) is 0 Å². The van der Waals surface area contributed by atoms with Gasteiger partial charge in [-0.05, 0) is 37.0 Å². The minimum Gasteiger partial charge on any atom is -0.300 e. The molecule has 1 aliphatic carbocycles. The summed E-state index contributed by atoms with van der Waals surface area (Å²) in [5.41, 5.74) is 1.12. The average molecular weight is 340 g/mol. The van der Waals surface area contributed by atoms with E-state index >= 15 is 0 Å². The van der Waals surface area contributed by atoms with Crippen molar-refractivity contribution in [3.8, 4) is 0 Å². The van der Waals surface area contributed by atoms with Gasteiger partial charge in [-0.3, -0.25) is 0 Å². The van der Waals surface area contributed by atoms with E-state index in [1.807, 2.05) is 12.1 Å². The lowest BCUT2D eigenvalue weighted by Crippen LogP contribution is -2.51. The first-order chi connectivity index (χ1) is 11.1. The van der Waals surface area contributed by atoms with E-state index in [-0.39, 0.29) is 11.1 Å². The average Bonchev–Trinajstić information content (AvgIpc) is 3.10. The number of nitrogens with zero attached hydrogens (tertiary/aromatic N) is 2. The summed E-state index contributed by atoms with van der Waals surface area (Å²) in [5, 5.41) is -0.145. The molecule has 0 aromatic heterocycles. The summed E-state index contributed by atoms with van der Waals surface area (Å²) in [4.78, 5) is 2.30. The Kier molecular flexibility index (Phi) is 5.34. The van der Waals surface area contributed by atoms with Crippen molar-refractivity contribution < 1.29 is 12.8 Å². The molecule has 1 saturated heterocycles. The van der Waals surface area contributed by atoms with Crippen molar-refractivity contribution in [3.05, 3.63) is 35.6 Å². The highest BCUT2D eigenvalue weighted by Crippen LogP contribution is 2.27. The van der Waals surface area contributed by atoms with Crippen LogP contribution in [0.5, 0.6) is 0 Å². The second-order valence-electron chi connectivity index (χ2n) is 6.57. The molecule has 1 aromatic rings. The molecule has 1 aliphatic heterocycles. The highest BCUT2D eigenvalue weighted by molar-refractivity contribution is 7.89. The van der Waals surface area contributed by atoms with Crippen LogP contribution in [0.3, 0.4) is 0 Å². The fraction of sp³-hybridized carbons (Fsp3) is 0.647. The molecule has 1 saturated carbocycles. The molecule has 23 heavy (non-hydrogen) atoms. The molecule has 0 spiro atoms. The minimum atomic E-state index is -3.09. The molecule has 2 aliphatic rings. The second kappa shape index (κ2) is 7.28. The van der Waals surface area contributed by atoms with E-state index in [1.54, 1.807) is 4.31 Å². The standard InChI is InChI=1S/C17H25FN2O2S/c18-16-7-5-15(6-8-16)9-10-19-11-13-20(14-12-19)23(21,22)17-3-1-2-4-17/h5-8,17H,1-4,9-14H2. The van der Waals surface area contributed by atoms with E-state index < -0.39 is 10.0 Å². The maximum Gasteiger partial charge on any atom is 0.217 e. The lowest BCUT2D eigenvalue weighted by atomic mass is 10.1. The molecule has 1 heterocycles. The maximum absolute atomic E-state index is 12.9. The zero-order valence-electron chi connectivity index (χ0n) is 13.5. The second-order valence-corrected chi connectivity index (χ2v) is 8.78. The third kappa shape index (κ3) is 4.11. The molecule has 0 bridgehead atoms. The van der Waals surface area contributed by atoms with Gasteiger partial charge in [-0.1, -0.05) is 25.0 Å². The molecule has 3 rings (SSSR count). The number of benzene rings is 1. The van der Waals surface area contributed by atoms with Crippen molar-refractivity contribution in [3.63, 3.8) is 0 Å². The van der Waals surface area contributed by atoms with E-state index in [9.17, 15) is 12.8 Å². The smallest absolute Gasteiger partial charge is 0.217 e. The number of hydrogen-bond acceptors (Lipinski definition) is 3. The monoisotopic (exact) mass is 340 g/mol. The van der Waals surface area contributed by atoms with Crippen molar-refractivity contribution in [2.75, 3.05) is 32.7 Å². The number of piperazine rings is 1. The Hall–Kier alpha value is -0.980. The minimum absolute atomic E-state index is 0.145. The largest absolute Gasteiger partial charge is 0.300 e. The van der Waals surface area contributed by atoms with Crippen LogP contribution in [0.1, 0.15) is 31.2 Å². The molecule has 4 nitrogen and oxygen atoms in total. The van der Waals surface area contributed by atoms with Gasteiger partial charge < -0.3 is 4.90 Å². The van der Waals surface area contributed by atoms with Crippen LogP contribution in [-0.4, -0.2) is 55.6 Å². The lowest BCUT2D eigenvalue weighted by Gasteiger charge is -2.35. The summed E-state index contributed by atoms with van der Waals surface area (Å²) in [5.74, 6) is -0.209. The molecule has 6 heteroatoms. The highest BCUT2D eigenvalue weighted by Gasteiger charge is 2.35. The molecule has 0 atom stereocenters. The third-order valence-corrected chi connectivity index (χ3v) is 7.44. The van der Waals surface area contributed by atoms with Gasteiger partial charge in [0.1, 0.15) is 5.82 Å². The summed E-state index contributed by atoms with van der Waals surface area (Å²) >= 11 is 0. The molecule has 2 fully saturated rings. The number of hydrogen-bond donors (Lipinski definition) is 0. The first-order valence-electron chi connectivity index (χ1n) is 8.51. The van der Waals surface area contributed by atoms with Gasteiger partial charge in [-0.15, -0.1) is 0 Å². The Morgan fingerprint density at radius 2 is 1.61 bits per heavy atom. The summed E-state index contributed by atoms with van der Waals surface area (Å²) in [6.45, 7) is 3.66. The lowest BCUT2D eigenvalue weighted by molar-refractivity contribution is 0.189. The zero-order valence-corrected chi connectivity index (χ0v) is 14.3. The van der Waals surface area contributed by atoms with Crippen molar-refractivity contribution in [2.45, 2.75) is 37.4 Å². The van der Waals surface area contributed by atoms with Crippen molar-refractivity contribution >= 4 is 10.0 Å². The van der Waals surface area contributed by atoms with Crippen LogP contribution in [0, 0.1) is 5.82 Å². The molecular formula is C17H25FN2O2S. The van der Waals surface area contributed by atoms with Crippen LogP contribution in [0.4, 0.5) is 4.39 Å². The molecular weight excluding hydrogens is 315 g/mol. The summed E-state index contributed by atoms with van der Waals surface area (Å²) in [6, 6.07) is 6.61. The Morgan fingerprint density at radius 3 is 2.22 bits per heavy atom. The predicted octanol–water partition coefficient (Wildman–Crippen LogP) is 2.26. The summed E-state index contributed by atoms with van der Waals surface area (Å²) in [7, 11) is -3.09. The van der Waals surface area contributed by atoms with Gasteiger partial charge in [0.2, 0.25) is 10.0 Å². The van der Waals surface area contributed by atoms with Gasteiger partial charge in [0.15, 0.2) is 0 Å².